The highest BCUT2D eigenvalue weighted by molar-refractivity contribution is 8.01. The predicted molar refractivity (Wildman–Crippen MR) is 125 cm³/mol. The van der Waals surface area contributed by atoms with Crippen LogP contribution in [-0.4, -0.2) is 23.1 Å². The molecule has 3 aliphatic carbocycles. The third-order valence-corrected chi connectivity index (χ3v) is 9.14. The molecule has 0 saturated heterocycles. The molecule has 3 heteroatoms. The third kappa shape index (κ3) is 4.97. The Morgan fingerprint density at radius 1 is 1.28 bits per heavy atom. The summed E-state index contributed by atoms with van der Waals surface area (Å²) in [4.78, 5) is 12.4. The van der Waals surface area contributed by atoms with E-state index in [9.17, 15) is 4.79 Å². The lowest BCUT2D eigenvalue weighted by Crippen LogP contribution is -2.51. The Bertz CT molecular complexity index is 683. The lowest BCUT2D eigenvalue weighted by atomic mass is 9.47. The van der Waals surface area contributed by atoms with E-state index >= 15 is 0 Å². The molecular weight excluding hydrogens is 376 g/mol. The van der Waals surface area contributed by atoms with Crippen LogP contribution in [0.5, 0.6) is 0 Å². The van der Waals surface area contributed by atoms with Crippen molar-refractivity contribution in [3.63, 3.8) is 0 Å². The largest absolute Gasteiger partial charge is 0.464 e. The van der Waals surface area contributed by atoms with Crippen molar-refractivity contribution in [2.45, 2.75) is 91.7 Å². The zero-order valence-electron chi connectivity index (χ0n) is 19.8. The van der Waals surface area contributed by atoms with E-state index < -0.39 is 0 Å². The monoisotopic (exact) mass is 418 g/mol. The van der Waals surface area contributed by atoms with Gasteiger partial charge in [-0.2, -0.15) is 0 Å². The molecular formula is C26H42O2S. The number of rotatable bonds is 5. The summed E-state index contributed by atoms with van der Waals surface area (Å²) in [6, 6.07) is 0. The van der Waals surface area contributed by atoms with Crippen molar-refractivity contribution in [1.82, 2.24) is 0 Å². The first-order chi connectivity index (χ1) is 13.4. The van der Waals surface area contributed by atoms with Crippen molar-refractivity contribution in [3.05, 3.63) is 23.3 Å². The van der Waals surface area contributed by atoms with Crippen LogP contribution >= 0.6 is 11.8 Å². The molecule has 0 aromatic carbocycles. The molecule has 0 bridgehead atoms. The zero-order valence-corrected chi connectivity index (χ0v) is 20.6. The van der Waals surface area contributed by atoms with Crippen molar-refractivity contribution >= 4 is 17.7 Å². The highest BCUT2D eigenvalue weighted by Crippen LogP contribution is 2.62. The Kier molecular flexibility index (Phi) is 6.69. The van der Waals surface area contributed by atoms with Crippen LogP contribution in [0.2, 0.25) is 0 Å². The predicted octanol–water partition coefficient (Wildman–Crippen LogP) is 7.20. The van der Waals surface area contributed by atoms with Gasteiger partial charge in [0.1, 0.15) is 0 Å². The highest BCUT2D eigenvalue weighted by atomic mass is 32.2. The number of carbonyl (C=O) groups is 1. The van der Waals surface area contributed by atoms with Gasteiger partial charge in [0, 0.05) is 10.2 Å². The van der Waals surface area contributed by atoms with Gasteiger partial charge in [-0.25, -0.2) is 0 Å². The molecule has 29 heavy (non-hydrogen) atoms. The fraction of sp³-hybridized carbons (Fsp3) is 0.808. The van der Waals surface area contributed by atoms with Gasteiger partial charge in [-0.05, 0) is 60.8 Å². The first kappa shape index (κ1) is 23.0. The van der Waals surface area contributed by atoms with Gasteiger partial charge < -0.3 is 4.74 Å². The second-order valence-electron chi connectivity index (χ2n) is 11.5. The lowest BCUT2D eigenvalue weighted by Gasteiger charge is -2.58. The number of hydrogen-bond acceptors (Lipinski definition) is 3. The molecule has 0 aliphatic heterocycles. The highest BCUT2D eigenvalue weighted by Gasteiger charge is 2.54. The van der Waals surface area contributed by atoms with Crippen molar-refractivity contribution in [2.24, 2.45) is 28.6 Å². The summed E-state index contributed by atoms with van der Waals surface area (Å²) in [6.45, 7) is 16.6. The van der Waals surface area contributed by atoms with Gasteiger partial charge in [-0.1, -0.05) is 72.6 Å². The number of fused-ring (bicyclic) bond motifs is 3. The van der Waals surface area contributed by atoms with Crippen molar-refractivity contribution < 1.29 is 9.53 Å². The molecule has 4 unspecified atom stereocenters. The molecule has 1 fully saturated rings. The summed E-state index contributed by atoms with van der Waals surface area (Å²) in [5, 5.41) is 0. The Morgan fingerprint density at radius 3 is 2.66 bits per heavy atom. The molecule has 0 aromatic rings. The Morgan fingerprint density at radius 2 is 2.00 bits per heavy atom. The van der Waals surface area contributed by atoms with E-state index in [0.29, 0.717) is 35.5 Å². The average Bonchev–Trinajstić information content (AvgIpc) is 2.63. The van der Waals surface area contributed by atoms with Gasteiger partial charge in [0.2, 0.25) is 0 Å². The number of esters is 1. The maximum Gasteiger partial charge on any atom is 0.315 e. The van der Waals surface area contributed by atoms with Crippen LogP contribution in [0.15, 0.2) is 23.3 Å². The summed E-state index contributed by atoms with van der Waals surface area (Å²) in [5.74, 6) is 2.35. The maximum absolute atomic E-state index is 12.4. The van der Waals surface area contributed by atoms with Crippen LogP contribution in [0.3, 0.4) is 0 Å². The molecule has 1 saturated carbocycles. The fourth-order valence-electron chi connectivity index (χ4n) is 6.21. The second kappa shape index (κ2) is 8.44. The van der Waals surface area contributed by atoms with E-state index in [2.05, 4.69) is 60.6 Å². The first-order valence-electron chi connectivity index (χ1n) is 11.6. The lowest BCUT2D eigenvalue weighted by molar-refractivity contribution is -0.150. The summed E-state index contributed by atoms with van der Waals surface area (Å²) in [7, 11) is 0. The minimum atomic E-state index is -0.0485. The van der Waals surface area contributed by atoms with Crippen molar-refractivity contribution in [3.8, 4) is 0 Å². The Balaban J connectivity index is 1.72. The molecule has 0 N–H and O–H groups in total. The molecule has 4 atom stereocenters. The van der Waals surface area contributed by atoms with E-state index in [4.69, 9.17) is 4.74 Å². The van der Waals surface area contributed by atoms with Gasteiger partial charge >= 0.3 is 5.97 Å². The summed E-state index contributed by atoms with van der Waals surface area (Å²) in [5.41, 5.74) is 3.65. The van der Waals surface area contributed by atoms with Gasteiger partial charge in [0.25, 0.3) is 0 Å². The third-order valence-electron chi connectivity index (χ3n) is 7.89. The molecule has 0 amide bonds. The summed E-state index contributed by atoms with van der Waals surface area (Å²) in [6.07, 6.45) is 12.5. The molecule has 0 radical (unpaired) electrons. The van der Waals surface area contributed by atoms with Crippen molar-refractivity contribution in [1.29, 1.82) is 0 Å². The standard InChI is InChI=1S/C26H42O2S/c1-18(2)19-9-11-21-20(15-19)10-12-22-25(6,13-8-14-26(21,22)7)17-28-23(27)16-29-24(3,4)5/h10,15,18,21-22H,8-9,11-14,16-17H2,1-7H3. The minimum Gasteiger partial charge on any atom is -0.464 e. The molecule has 0 spiro atoms. The maximum atomic E-state index is 12.4. The SMILES string of the molecule is CC(C)C1=CC2=CCC3C(C)(COC(=O)CSC(C)(C)C)CCCC3(C)C2CC1. The number of allylic oxidation sites excluding steroid dienone is 4. The van der Waals surface area contributed by atoms with Crippen LogP contribution in [-0.2, 0) is 9.53 Å². The van der Waals surface area contributed by atoms with E-state index in [1.54, 1.807) is 22.9 Å². The van der Waals surface area contributed by atoms with Crippen LogP contribution in [0.1, 0.15) is 87.0 Å². The van der Waals surface area contributed by atoms with Gasteiger partial charge in [0.15, 0.2) is 0 Å². The van der Waals surface area contributed by atoms with Crippen LogP contribution in [0, 0.1) is 28.6 Å². The first-order valence-corrected chi connectivity index (χ1v) is 12.6. The molecule has 2 nitrogen and oxygen atoms in total. The normalized spacial score (nSPS) is 34.8. The number of carbonyl (C=O) groups excluding carboxylic acids is 1. The van der Waals surface area contributed by atoms with Gasteiger partial charge in [0.05, 0.1) is 12.4 Å². The summed E-state index contributed by atoms with van der Waals surface area (Å²) < 4.78 is 5.96. The minimum absolute atomic E-state index is 0.0485. The van der Waals surface area contributed by atoms with Gasteiger partial charge in [-0.15, -0.1) is 11.8 Å². The van der Waals surface area contributed by atoms with E-state index in [-0.39, 0.29) is 16.1 Å². The van der Waals surface area contributed by atoms with Crippen LogP contribution in [0.25, 0.3) is 0 Å². The molecule has 164 valence electrons. The fourth-order valence-corrected chi connectivity index (χ4v) is 6.84. The quantitative estimate of drug-likeness (QED) is 0.442. The number of ether oxygens (including phenoxy) is 1. The topological polar surface area (TPSA) is 26.3 Å². The summed E-state index contributed by atoms with van der Waals surface area (Å²) >= 11 is 1.68. The Hall–Kier alpha value is -0.700. The molecule has 3 rings (SSSR count). The van der Waals surface area contributed by atoms with Crippen LogP contribution < -0.4 is 0 Å². The molecule has 3 aliphatic rings. The molecule has 0 heterocycles. The second-order valence-corrected chi connectivity index (χ2v) is 13.3. The molecule has 0 aromatic heterocycles. The Labute approximate surface area is 183 Å². The van der Waals surface area contributed by atoms with Crippen LogP contribution in [0.4, 0.5) is 0 Å². The number of thioether (sulfide) groups is 1. The van der Waals surface area contributed by atoms with E-state index in [1.807, 2.05) is 0 Å². The van der Waals surface area contributed by atoms with Crippen molar-refractivity contribution in [2.75, 3.05) is 12.4 Å². The number of hydrogen-bond donors (Lipinski definition) is 0. The zero-order chi connectivity index (χ0) is 21.4. The van der Waals surface area contributed by atoms with E-state index in [0.717, 1.165) is 6.42 Å². The van der Waals surface area contributed by atoms with E-state index in [1.165, 1.54) is 32.1 Å². The smallest absolute Gasteiger partial charge is 0.315 e. The average molecular weight is 419 g/mol. The van der Waals surface area contributed by atoms with Gasteiger partial charge in [-0.3, -0.25) is 4.79 Å².